The van der Waals surface area contributed by atoms with Crippen LogP contribution in [0.25, 0.3) is 0 Å². The molecule has 0 spiro atoms. The smallest absolute Gasteiger partial charge is 0.223 e. The van der Waals surface area contributed by atoms with Crippen molar-refractivity contribution in [1.29, 1.82) is 0 Å². The molecule has 2 rings (SSSR count). The number of carbonyl (C=O) groups is 1. The number of aliphatic hydroxyl groups excluding tert-OH is 1. The van der Waals surface area contributed by atoms with E-state index in [-0.39, 0.29) is 30.7 Å². The predicted molar refractivity (Wildman–Crippen MR) is 72.9 cm³/mol. The lowest BCUT2D eigenvalue weighted by Gasteiger charge is -2.28. The first kappa shape index (κ1) is 14.8. The topological polar surface area (TPSA) is 58.6 Å². The lowest BCUT2D eigenvalue weighted by Crippen LogP contribution is -2.45. The van der Waals surface area contributed by atoms with Gasteiger partial charge in [-0.2, -0.15) is 0 Å². The van der Waals surface area contributed by atoms with E-state index in [0.717, 1.165) is 25.7 Å². The average molecular weight is 281 g/mol. The second-order valence-corrected chi connectivity index (χ2v) is 5.05. The molecular weight excluding hydrogens is 261 g/mol. The molecule has 1 amide bonds. The summed E-state index contributed by atoms with van der Waals surface area (Å²) in [7, 11) is 0. The SMILES string of the molecule is O=C(CCOc1ccccc1F)N[C@H]1CCCC[C@@H]1O. The summed E-state index contributed by atoms with van der Waals surface area (Å²) >= 11 is 0. The number of nitrogens with one attached hydrogen (secondary N) is 1. The van der Waals surface area contributed by atoms with E-state index in [9.17, 15) is 14.3 Å². The number of benzene rings is 1. The minimum Gasteiger partial charge on any atom is -0.490 e. The summed E-state index contributed by atoms with van der Waals surface area (Å²) in [6.07, 6.45) is 3.26. The van der Waals surface area contributed by atoms with E-state index in [1.54, 1.807) is 12.1 Å². The van der Waals surface area contributed by atoms with Crippen molar-refractivity contribution in [2.75, 3.05) is 6.61 Å². The number of hydrogen-bond acceptors (Lipinski definition) is 3. The molecule has 5 heteroatoms. The van der Waals surface area contributed by atoms with Crippen molar-refractivity contribution in [3.63, 3.8) is 0 Å². The molecule has 1 fully saturated rings. The molecule has 1 aromatic carbocycles. The lowest BCUT2D eigenvalue weighted by molar-refractivity contribution is -0.123. The second kappa shape index (κ2) is 7.24. The number of carbonyl (C=O) groups excluding carboxylic acids is 1. The van der Waals surface area contributed by atoms with Crippen LogP contribution in [0.2, 0.25) is 0 Å². The largest absolute Gasteiger partial charge is 0.490 e. The first-order valence-electron chi connectivity index (χ1n) is 7.01. The fourth-order valence-electron chi connectivity index (χ4n) is 2.37. The summed E-state index contributed by atoms with van der Waals surface area (Å²) < 4.78 is 18.5. The molecule has 0 aliphatic heterocycles. The van der Waals surface area contributed by atoms with Crippen LogP contribution >= 0.6 is 0 Å². The van der Waals surface area contributed by atoms with Gasteiger partial charge in [-0.15, -0.1) is 0 Å². The zero-order chi connectivity index (χ0) is 14.4. The zero-order valence-corrected chi connectivity index (χ0v) is 11.3. The Morgan fingerprint density at radius 3 is 2.85 bits per heavy atom. The van der Waals surface area contributed by atoms with E-state index in [4.69, 9.17) is 4.74 Å². The Bertz CT molecular complexity index is 452. The van der Waals surface area contributed by atoms with Crippen molar-refractivity contribution in [2.24, 2.45) is 0 Å². The first-order valence-corrected chi connectivity index (χ1v) is 7.01. The maximum Gasteiger partial charge on any atom is 0.223 e. The van der Waals surface area contributed by atoms with Crippen LogP contribution in [-0.2, 0) is 4.79 Å². The van der Waals surface area contributed by atoms with Gasteiger partial charge in [-0.3, -0.25) is 4.79 Å². The molecule has 0 aromatic heterocycles. The molecule has 0 unspecified atom stereocenters. The van der Waals surface area contributed by atoms with Crippen LogP contribution in [0.3, 0.4) is 0 Å². The van der Waals surface area contributed by atoms with Gasteiger partial charge in [-0.25, -0.2) is 4.39 Å². The monoisotopic (exact) mass is 281 g/mol. The van der Waals surface area contributed by atoms with Crippen molar-refractivity contribution in [3.8, 4) is 5.75 Å². The Morgan fingerprint density at radius 2 is 2.10 bits per heavy atom. The van der Waals surface area contributed by atoms with Gasteiger partial charge in [0, 0.05) is 0 Å². The van der Waals surface area contributed by atoms with Crippen LogP contribution in [-0.4, -0.2) is 29.8 Å². The highest BCUT2D eigenvalue weighted by Crippen LogP contribution is 2.18. The quantitative estimate of drug-likeness (QED) is 0.868. The first-order chi connectivity index (χ1) is 9.66. The van der Waals surface area contributed by atoms with E-state index in [2.05, 4.69) is 5.32 Å². The third kappa shape index (κ3) is 4.20. The van der Waals surface area contributed by atoms with Gasteiger partial charge in [-0.05, 0) is 25.0 Å². The minimum absolute atomic E-state index is 0.121. The van der Waals surface area contributed by atoms with E-state index in [0.29, 0.717) is 0 Å². The maximum atomic E-state index is 13.3. The van der Waals surface area contributed by atoms with Crippen molar-refractivity contribution in [2.45, 2.75) is 44.2 Å². The highest BCUT2D eigenvalue weighted by atomic mass is 19.1. The molecule has 20 heavy (non-hydrogen) atoms. The van der Waals surface area contributed by atoms with Crippen molar-refractivity contribution in [1.82, 2.24) is 5.32 Å². The second-order valence-electron chi connectivity index (χ2n) is 5.05. The van der Waals surface area contributed by atoms with E-state index in [1.807, 2.05) is 0 Å². The summed E-state index contributed by atoms with van der Waals surface area (Å²) in [5.41, 5.74) is 0. The number of rotatable bonds is 5. The number of para-hydroxylation sites is 1. The van der Waals surface area contributed by atoms with E-state index >= 15 is 0 Å². The number of ether oxygens (including phenoxy) is 1. The highest BCUT2D eigenvalue weighted by molar-refractivity contribution is 5.76. The van der Waals surface area contributed by atoms with Crippen molar-refractivity contribution < 1.29 is 19.0 Å². The van der Waals surface area contributed by atoms with Gasteiger partial charge in [0.2, 0.25) is 5.91 Å². The third-order valence-electron chi connectivity index (χ3n) is 3.50. The van der Waals surface area contributed by atoms with Gasteiger partial charge >= 0.3 is 0 Å². The molecule has 2 atom stereocenters. The van der Waals surface area contributed by atoms with Crippen LogP contribution in [0.5, 0.6) is 5.75 Å². The molecule has 1 saturated carbocycles. The van der Waals surface area contributed by atoms with E-state index in [1.165, 1.54) is 12.1 Å². The maximum absolute atomic E-state index is 13.3. The molecule has 1 aliphatic carbocycles. The minimum atomic E-state index is -0.458. The molecular formula is C15H20FNO3. The number of aliphatic hydroxyl groups is 1. The molecule has 4 nitrogen and oxygen atoms in total. The van der Waals surface area contributed by atoms with E-state index < -0.39 is 11.9 Å². The van der Waals surface area contributed by atoms with Crippen molar-refractivity contribution >= 4 is 5.91 Å². The van der Waals surface area contributed by atoms with Gasteiger partial charge in [0.15, 0.2) is 11.6 Å². The molecule has 1 aromatic rings. The van der Waals surface area contributed by atoms with Crippen LogP contribution in [0, 0.1) is 5.82 Å². The fraction of sp³-hybridized carbons (Fsp3) is 0.533. The molecule has 1 aliphatic rings. The molecule has 110 valence electrons. The summed E-state index contributed by atoms with van der Waals surface area (Å²) in [4.78, 5) is 11.7. The summed E-state index contributed by atoms with van der Waals surface area (Å²) in [5, 5.41) is 12.6. The molecule has 0 bridgehead atoms. The van der Waals surface area contributed by atoms with Crippen molar-refractivity contribution in [3.05, 3.63) is 30.1 Å². The van der Waals surface area contributed by atoms with Crippen LogP contribution < -0.4 is 10.1 Å². The number of hydrogen-bond donors (Lipinski definition) is 2. The molecule has 0 heterocycles. The molecule has 0 saturated heterocycles. The summed E-state index contributed by atoms with van der Waals surface area (Å²) in [6.45, 7) is 0.121. The van der Waals surface area contributed by atoms with Gasteiger partial charge in [0.05, 0.1) is 25.2 Å². The number of halogens is 1. The van der Waals surface area contributed by atoms with Crippen LogP contribution in [0.1, 0.15) is 32.1 Å². The standard InChI is InChI=1S/C15H20FNO3/c16-11-5-1-4-8-14(11)20-10-9-15(19)17-12-6-2-3-7-13(12)18/h1,4-5,8,12-13,18H,2-3,6-7,9-10H2,(H,17,19)/t12-,13-/m0/s1. The predicted octanol–water partition coefficient (Wildman–Crippen LogP) is 2.01. The lowest BCUT2D eigenvalue weighted by atomic mass is 9.92. The van der Waals surface area contributed by atoms with Gasteiger partial charge < -0.3 is 15.2 Å². The van der Waals surface area contributed by atoms with Crippen LogP contribution in [0.15, 0.2) is 24.3 Å². The highest BCUT2D eigenvalue weighted by Gasteiger charge is 2.24. The fourth-order valence-corrected chi connectivity index (χ4v) is 2.37. The van der Waals surface area contributed by atoms with Gasteiger partial charge in [0.1, 0.15) is 0 Å². The molecule has 2 N–H and O–H groups in total. The third-order valence-corrected chi connectivity index (χ3v) is 3.50. The Labute approximate surface area is 117 Å². The summed E-state index contributed by atoms with van der Waals surface area (Å²) in [5.74, 6) is -0.457. The summed E-state index contributed by atoms with van der Waals surface area (Å²) in [6, 6.07) is 5.94. The number of amides is 1. The zero-order valence-electron chi connectivity index (χ0n) is 11.3. The molecule has 0 radical (unpaired) electrons. The Hall–Kier alpha value is -1.62. The Balaban J connectivity index is 1.71. The Kier molecular flexibility index (Phi) is 5.35. The van der Waals surface area contributed by atoms with Crippen LogP contribution in [0.4, 0.5) is 4.39 Å². The Morgan fingerprint density at radius 1 is 1.35 bits per heavy atom. The van der Waals surface area contributed by atoms with Gasteiger partial charge in [-0.1, -0.05) is 25.0 Å². The van der Waals surface area contributed by atoms with Gasteiger partial charge in [0.25, 0.3) is 0 Å². The normalized spacial score (nSPS) is 22.3. The average Bonchev–Trinajstić information content (AvgIpc) is 2.43.